The monoisotopic (exact) mass is 278 g/mol. The van der Waals surface area contributed by atoms with E-state index in [0.717, 1.165) is 0 Å². The zero-order valence-corrected chi connectivity index (χ0v) is 9.68. The number of aliphatic hydroxyl groups excluding tert-OH is 2. The average Bonchev–Trinajstić information content (AvgIpc) is 2.72. The summed E-state index contributed by atoms with van der Waals surface area (Å²) in [5.41, 5.74) is -3.79. The molecule has 0 saturated carbocycles. The van der Waals surface area contributed by atoms with Crippen LogP contribution in [0, 0.1) is 5.82 Å². The Bertz CT molecular complexity index is 580. The third-order valence-corrected chi connectivity index (χ3v) is 3.02. The first-order valence-corrected chi connectivity index (χ1v) is 5.47. The minimum Gasteiger partial charge on any atom is -0.393 e. The van der Waals surface area contributed by atoms with Crippen LogP contribution in [-0.4, -0.2) is 44.8 Å². The summed E-state index contributed by atoms with van der Waals surface area (Å²) in [7, 11) is 0. The highest BCUT2D eigenvalue weighted by Gasteiger charge is 2.47. The number of nitrogens with one attached hydrogen (secondary N) is 1. The molecule has 2 atom stereocenters. The Balaban J connectivity index is 2.41. The zero-order chi connectivity index (χ0) is 14.2. The first-order chi connectivity index (χ1) is 8.92. The van der Waals surface area contributed by atoms with Crippen LogP contribution >= 0.6 is 0 Å². The number of aliphatic hydroxyl groups is 2. The Morgan fingerprint density at radius 2 is 2.11 bits per heavy atom. The van der Waals surface area contributed by atoms with Crippen molar-refractivity contribution in [3.8, 4) is 0 Å². The fraction of sp³-hybridized carbons (Fsp3) is 0.600. The maximum Gasteiger partial charge on any atom is 0.330 e. The topological polar surface area (TPSA) is 105 Å². The third kappa shape index (κ3) is 2.31. The van der Waals surface area contributed by atoms with Crippen LogP contribution in [0.25, 0.3) is 0 Å². The van der Waals surface area contributed by atoms with Crippen molar-refractivity contribution in [1.82, 2.24) is 9.55 Å². The minimum absolute atomic E-state index is 0.349. The van der Waals surface area contributed by atoms with E-state index >= 15 is 0 Å². The van der Waals surface area contributed by atoms with Gasteiger partial charge in [-0.2, -0.15) is 4.39 Å². The number of hydrogen-bond acceptors (Lipinski definition) is 5. The highest BCUT2D eigenvalue weighted by atomic mass is 19.1. The van der Waals surface area contributed by atoms with Crippen LogP contribution in [0.1, 0.15) is 12.6 Å². The molecule has 1 saturated heterocycles. The van der Waals surface area contributed by atoms with Gasteiger partial charge in [0.15, 0.2) is 6.23 Å². The lowest BCUT2D eigenvalue weighted by Crippen LogP contribution is -2.39. The predicted octanol–water partition coefficient (Wildman–Crippen LogP) is -1.34. The number of nitrogens with zero attached hydrogens (tertiary/aromatic N) is 1. The number of aromatic nitrogens is 2. The lowest BCUT2D eigenvalue weighted by molar-refractivity contribution is -0.126. The van der Waals surface area contributed by atoms with E-state index in [0.29, 0.717) is 10.8 Å². The van der Waals surface area contributed by atoms with Gasteiger partial charge in [-0.25, -0.2) is 9.18 Å². The normalized spacial score (nSPS) is 25.7. The second kappa shape index (κ2) is 4.83. The second-order valence-corrected chi connectivity index (χ2v) is 4.37. The van der Waals surface area contributed by atoms with Crippen LogP contribution < -0.4 is 11.2 Å². The van der Waals surface area contributed by atoms with E-state index in [4.69, 9.17) is 14.9 Å². The molecule has 0 radical (unpaired) electrons. The molecule has 1 aliphatic rings. The largest absolute Gasteiger partial charge is 0.393 e. The van der Waals surface area contributed by atoms with Crippen molar-refractivity contribution in [3.63, 3.8) is 0 Å². The standard InChI is InChI=1S/C10H12F2N2O5/c11-5-1-10(3-15,4-16)19-8(5)14-2-6(12)7(17)13-9(14)18/h2,5,8,15-16H,1,3-4H2,(H,13,17,18)/t5-,8+/m0/s1. The van der Waals surface area contributed by atoms with Gasteiger partial charge in [0, 0.05) is 6.42 Å². The number of H-pyrrole nitrogens is 1. The first-order valence-electron chi connectivity index (χ1n) is 5.47. The molecule has 0 amide bonds. The highest BCUT2D eigenvalue weighted by Crippen LogP contribution is 2.37. The zero-order valence-electron chi connectivity index (χ0n) is 9.68. The molecule has 2 rings (SSSR count). The Labute approximate surface area is 105 Å². The van der Waals surface area contributed by atoms with Crippen molar-refractivity contribution >= 4 is 0 Å². The van der Waals surface area contributed by atoms with Crippen LogP contribution in [0.4, 0.5) is 8.78 Å². The Morgan fingerprint density at radius 1 is 1.47 bits per heavy atom. The molecule has 0 aromatic carbocycles. The molecule has 3 N–H and O–H groups in total. The molecule has 2 heterocycles. The van der Waals surface area contributed by atoms with Crippen LogP contribution in [0.5, 0.6) is 0 Å². The summed E-state index contributed by atoms with van der Waals surface area (Å²) < 4.78 is 32.6. The molecule has 9 heteroatoms. The highest BCUT2D eigenvalue weighted by molar-refractivity contribution is 4.96. The molecule has 0 bridgehead atoms. The maximum absolute atomic E-state index is 13.8. The molecule has 1 aromatic rings. The van der Waals surface area contributed by atoms with Gasteiger partial charge < -0.3 is 14.9 Å². The predicted molar refractivity (Wildman–Crippen MR) is 57.8 cm³/mol. The van der Waals surface area contributed by atoms with Crippen LogP contribution in [0.3, 0.4) is 0 Å². The number of halogens is 2. The van der Waals surface area contributed by atoms with Gasteiger partial charge in [0.1, 0.15) is 11.8 Å². The molecule has 0 aliphatic carbocycles. The Hall–Kier alpha value is -1.58. The number of hydrogen-bond donors (Lipinski definition) is 3. The van der Waals surface area contributed by atoms with E-state index in [9.17, 15) is 18.4 Å². The van der Waals surface area contributed by atoms with Gasteiger partial charge in [-0.3, -0.25) is 14.3 Å². The summed E-state index contributed by atoms with van der Waals surface area (Å²) in [5, 5.41) is 18.2. The van der Waals surface area contributed by atoms with Gasteiger partial charge in [0.05, 0.1) is 19.4 Å². The molecule has 7 nitrogen and oxygen atoms in total. The lowest BCUT2D eigenvalue weighted by Gasteiger charge is -2.24. The third-order valence-electron chi connectivity index (χ3n) is 3.02. The van der Waals surface area contributed by atoms with E-state index < -0.39 is 48.3 Å². The van der Waals surface area contributed by atoms with Gasteiger partial charge >= 0.3 is 5.69 Å². The van der Waals surface area contributed by atoms with Crippen LogP contribution in [-0.2, 0) is 4.74 Å². The van der Waals surface area contributed by atoms with E-state index in [1.54, 1.807) is 4.98 Å². The molecular weight excluding hydrogens is 266 g/mol. The smallest absolute Gasteiger partial charge is 0.330 e. The molecule has 1 aromatic heterocycles. The van der Waals surface area contributed by atoms with Gasteiger partial charge in [0.25, 0.3) is 5.56 Å². The summed E-state index contributed by atoms with van der Waals surface area (Å²) in [6.07, 6.45) is -3.07. The van der Waals surface area contributed by atoms with Gasteiger partial charge in [-0.1, -0.05) is 0 Å². The molecule has 1 aliphatic heterocycles. The summed E-state index contributed by atoms with van der Waals surface area (Å²) in [4.78, 5) is 24.0. The minimum atomic E-state index is -1.73. The van der Waals surface area contributed by atoms with Crippen molar-refractivity contribution in [3.05, 3.63) is 32.9 Å². The molecule has 19 heavy (non-hydrogen) atoms. The molecule has 0 unspecified atom stereocenters. The van der Waals surface area contributed by atoms with Crippen molar-refractivity contribution in [2.24, 2.45) is 0 Å². The number of rotatable bonds is 3. The van der Waals surface area contributed by atoms with E-state index in [1.807, 2.05) is 0 Å². The van der Waals surface area contributed by atoms with Crippen molar-refractivity contribution < 1.29 is 23.7 Å². The van der Waals surface area contributed by atoms with Crippen molar-refractivity contribution in [2.45, 2.75) is 24.4 Å². The van der Waals surface area contributed by atoms with Crippen LogP contribution in [0.15, 0.2) is 15.8 Å². The molecule has 106 valence electrons. The van der Waals surface area contributed by atoms with Crippen molar-refractivity contribution in [2.75, 3.05) is 13.2 Å². The number of aromatic amines is 1. The van der Waals surface area contributed by atoms with Gasteiger partial charge in [0.2, 0.25) is 5.82 Å². The Morgan fingerprint density at radius 3 is 2.63 bits per heavy atom. The number of alkyl halides is 1. The van der Waals surface area contributed by atoms with E-state index in [-0.39, 0.29) is 6.42 Å². The van der Waals surface area contributed by atoms with Gasteiger partial charge in [-0.05, 0) is 0 Å². The Kier molecular flexibility index (Phi) is 3.52. The maximum atomic E-state index is 13.8. The number of ether oxygens (including phenoxy) is 1. The van der Waals surface area contributed by atoms with Gasteiger partial charge in [-0.15, -0.1) is 0 Å². The summed E-state index contributed by atoms with van der Waals surface area (Å²) in [6, 6.07) is 0. The summed E-state index contributed by atoms with van der Waals surface area (Å²) in [6.45, 7) is -1.30. The van der Waals surface area contributed by atoms with Crippen LogP contribution in [0.2, 0.25) is 0 Å². The lowest BCUT2D eigenvalue weighted by atomic mass is 10.0. The molecule has 0 spiro atoms. The quantitative estimate of drug-likeness (QED) is 0.634. The van der Waals surface area contributed by atoms with E-state index in [1.165, 1.54) is 0 Å². The SMILES string of the molecule is O=c1[nH]c(=O)n([C@@H]2OC(CO)(CO)C[C@@H]2F)cc1F. The fourth-order valence-corrected chi connectivity index (χ4v) is 1.97. The van der Waals surface area contributed by atoms with Crippen molar-refractivity contribution in [1.29, 1.82) is 0 Å². The fourth-order valence-electron chi connectivity index (χ4n) is 1.97. The first kappa shape index (κ1) is 13.8. The van der Waals surface area contributed by atoms with E-state index in [2.05, 4.69) is 0 Å². The summed E-state index contributed by atoms with van der Waals surface area (Å²) >= 11 is 0. The second-order valence-electron chi connectivity index (χ2n) is 4.37. The summed E-state index contributed by atoms with van der Waals surface area (Å²) in [5.74, 6) is -1.26. The molecule has 1 fully saturated rings. The average molecular weight is 278 g/mol. The molecular formula is C10H12F2N2O5.